The highest BCUT2D eigenvalue weighted by molar-refractivity contribution is 6.10. The number of carboxylic acid groups (broad SMARTS) is 1. The summed E-state index contributed by atoms with van der Waals surface area (Å²) in [7, 11) is 0. The molecule has 6 nitrogen and oxygen atoms in total. The third-order valence-corrected chi connectivity index (χ3v) is 4.77. The van der Waals surface area contributed by atoms with E-state index in [1.165, 1.54) is 0 Å². The van der Waals surface area contributed by atoms with Crippen LogP contribution in [0.15, 0.2) is 18.3 Å². The van der Waals surface area contributed by atoms with Crippen molar-refractivity contribution in [2.24, 2.45) is 5.73 Å². The van der Waals surface area contributed by atoms with E-state index < -0.39 is 25.3 Å². The molecule has 1 aromatic carbocycles. The van der Waals surface area contributed by atoms with Crippen LogP contribution in [0.4, 0.5) is 13.6 Å². The molecule has 5 N–H and O–H groups in total. The fourth-order valence-corrected chi connectivity index (χ4v) is 3.74. The number of allylic oxidation sites excluding steroid dienone is 1. The van der Waals surface area contributed by atoms with Crippen molar-refractivity contribution in [3.63, 3.8) is 0 Å². The van der Waals surface area contributed by atoms with Crippen molar-refractivity contribution in [1.29, 1.82) is 0 Å². The number of H-pyrrole nitrogens is 1. The molecule has 0 radical (unpaired) electrons. The molecule has 0 aliphatic heterocycles. The number of benzene rings is 1. The molecule has 0 saturated carbocycles. The third kappa shape index (κ3) is 3.02. The highest BCUT2D eigenvalue weighted by Gasteiger charge is 2.27. The Balaban J connectivity index is 2.21. The molecule has 138 valence electrons. The lowest BCUT2D eigenvalue weighted by molar-refractivity contribution is 0.1000. The minimum absolute atomic E-state index is 0.0412. The zero-order valence-electron chi connectivity index (χ0n) is 13.9. The van der Waals surface area contributed by atoms with Gasteiger partial charge in [0, 0.05) is 23.2 Å². The van der Waals surface area contributed by atoms with E-state index in [-0.39, 0.29) is 22.7 Å². The van der Waals surface area contributed by atoms with Crippen LogP contribution in [-0.2, 0) is 13.3 Å². The third-order valence-electron chi connectivity index (χ3n) is 4.77. The van der Waals surface area contributed by atoms with E-state index in [1.54, 1.807) is 12.3 Å². The van der Waals surface area contributed by atoms with Crippen LogP contribution in [0.1, 0.15) is 46.3 Å². The molecule has 0 bridgehead atoms. The average Bonchev–Trinajstić information content (AvgIpc) is 3.07. The van der Waals surface area contributed by atoms with E-state index in [9.17, 15) is 18.4 Å². The van der Waals surface area contributed by atoms with E-state index in [2.05, 4.69) is 10.3 Å². The summed E-state index contributed by atoms with van der Waals surface area (Å²) < 4.78 is 27.6. The topological polar surface area (TPSA) is 108 Å². The predicted molar refractivity (Wildman–Crippen MR) is 93.2 cm³/mol. The van der Waals surface area contributed by atoms with Crippen molar-refractivity contribution in [1.82, 2.24) is 10.3 Å². The molecule has 0 saturated heterocycles. The second-order valence-corrected chi connectivity index (χ2v) is 6.26. The van der Waals surface area contributed by atoms with Crippen molar-refractivity contribution >= 4 is 28.5 Å². The number of nitrogens with two attached hydrogens (primary N) is 1. The summed E-state index contributed by atoms with van der Waals surface area (Å²) in [6.07, 6.45) is 3.98. The first-order valence-electron chi connectivity index (χ1n) is 8.23. The van der Waals surface area contributed by atoms with Gasteiger partial charge in [-0.05, 0) is 42.0 Å². The Labute approximate surface area is 148 Å². The molecule has 1 aliphatic rings. The quantitative estimate of drug-likeness (QED) is 0.654. The monoisotopic (exact) mass is 363 g/mol. The van der Waals surface area contributed by atoms with Crippen LogP contribution in [0.2, 0.25) is 0 Å². The van der Waals surface area contributed by atoms with Crippen LogP contribution in [0.3, 0.4) is 0 Å². The van der Waals surface area contributed by atoms with Crippen molar-refractivity contribution in [2.45, 2.75) is 38.7 Å². The molecule has 3 rings (SSSR count). The van der Waals surface area contributed by atoms with E-state index >= 15 is 0 Å². The Bertz CT molecular complexity index is 905. The lowest BCUT2D eigenvalue weighted by atomic mass is 9.83. The normalized spacial score (nSPS) is 17.2. The van der Waals surface area contributed by atoms with Gasteiger partial charge in [0.05, 0.1) is 11.1 Å². The molecule has 8 heteroatoms. The largest absolute Gasteiger partial charge is 0.465 e. The summed E-state index contributed by atoms with van der Waals surface area (Å²) in [5.41, 5.74) is 7.02. The highest BCUT2D eigenvalue weighted by Crippen LogP contribution is 2.39. The summed E-state index contributed by atoms with van der Waals surface area (Å²) in [5, 5.41) is 12.0. The van der Waals surface area contributed by atoms with Gasteiger partial charge < -0.3 is 21.1 Å². The van der Waals surface area contributed by atoms with Gasteiger partial charge in [-0.3, -0.25) is 4.79 Å². The van der Waals surface area contributed by atoms with Gasteiger partial charge in [0.15, 0.2) is 0 Å². The van der Waals surface area contributed by atoms with Crippen molar-refractivity contribution in [3.05, 3.63) is 40.6 Å². The van der Waals surface area contributed by atoms with E-state index in [1.807, 2.05) is 6.08 Å². The van der Waals surface area contributed by atoms with Gasteiger partial charge in [0.1, 0.15) is 13.3 Å². The number of nitrogens with one attached hydrogen (secondary N) is 2. The first kappa shape index (κ1) is 17.9. The van der Waals surface area contributed by atoms with Crippen LogP contribution in [0.5, 0.6) is 0 Å². The second kappa shape index (κ2) is 7.15. The van der Waals surface area contributed by atoms with Crippen molar-refractivity contribution < 1.29 is 23.5 Å². The molecular formula is C18H19F2N3O3. The number of aromatic nitrogens is 1. The maximum absolute atomic E-state index is 13.9. The number of primary amides is 1. The van der Waals surface area contributed by atoms with Gasteiger partial charge in [0.2, 0.25) is 0 Å². The number of hydrogen-bond donors (Lipinski definition) is 4. The van der Waals surface area contributed by atoms with Crippen LogP contribution in [0, 0.1) is 0 Å². The Morgan fingerprint density at radius 1 is 1.31 bits per heavy atom. The molecule has 1 atom stereocenters. The number of carbonyl (C=O) groups excluding carboxylic acids is 1. The number of amides is 2. The van der Waals surface area contributed by atoms with Gasteiger partial charge in [-0.2, -0.15) is 0 Å². The second-order valence-electron chi connectivity index (χ2n) is 6.26. The van der Waals surface area contributed by atoms with Gasteiger partial charge in [-0.25, -0.2) is 13.6 Å². The summed E-state index contributed by atoms with van der Waals surface area (Å²) in [6.45, 7) is -1.98. The molecule has 0 spiro atoms. The SMILES string of the molecule is NC(=O)c1c(CF)c(CF)c(C2=CCCC(NC(=O)O)C2)c2cc[nH]c12. The summed E-state index contributed by atoms with van der Waals surface area (Å²) in [5.74, 6) is -0.825. The number of fused-ring (bicyclic) bond motifs is 1. The smallest absolute Gasteiger partial charge is 0.404 e. The summed E-state index contributed by atoms with van der Waals surface area (Å²) in [4.78, 5) is 25.7. The molecule has 26 heavy (non-hydrogen) atoms. The molecule has 0 fully saturated rings. The minimum atomic E-state index is -1.12. The minimum Gasteiger partial charge on any atom is -0.465 e. The Hall–Kier alpha value is -2.90. The van der Waals surface area contributed by atoms with Crippen molar-refractivity contribution in [3.8, 4) is 0 Å². The van der Waals surface area contributed by atoms with Gasteiger partial charge in [-0.15, -0.1) is 0 Å². The van der Waals surface area contributed by atoms with Crippen LogP contribution >= 0.6 is 0 Å². The van der Waals surface area contributed by atoms with Crippen LogP contribution in [0.25, 0.3) is 16.5 Å². The Morgan fingerprint density at radius 3 is 2.65 bits per heavy atom. The first-order valence-corrected chi connectivity index (χ1v) is 8.23. The van der Waals surface area contributed by atoms with Crippen LogP contribution in [-0.4, -0.2) is 28.1 Å². The zero-order valence-corrected chi connectivity index (χ0v) is 13.9. The first-order chi connectivity index (χ1) is 12.5. The van der Waals surface area contributed by atoms with Gasteiger partial charge in [-0.1, -0.05) is 6.08 Å². The Kier molecular flexibility index (Phi) is 4.92. The van der Waals surface area contributed by atoms with Gasteiger partial charge in [0.25, 0.3) is 5.91 Å². The lowest BCUT2D eigenvalue weighted by Crippen LogP contribution is -2.35. The molecular weight excluding hydrogens is 344 g/mol. The summed E-state index contributed by atoms with van der Waals surface area (Å²) in [6, 6.07) is 1.38. The molecule has 2 amide bonds. The standard InChI is InChI=1S/C18H19F2N3O3/c19-7-12-13(8-20)15(17(21)24)16-11(4-5-22-16)14(12)9-2-1-3-10(6-9)23-18(25)26/h2,4-5,10,22-23H,1,3,6-8H2,(H2,21,24)(H,25,26). The number of rotatable bonds is 5. The molecule has 1 aromatic heterocycles. The van der Waals surface area contributed by atoms with E-state index in [0.29, 0.717) is 35.7 Å². The molecule has 2 aromatic rings. The maximum Gasteiger partial charge on any atom is 0.404 e. The van der Waals surface area contributed by atoms with E-state index in [4.69, 9.17) is 10.8 Å². The lowest BCUT2D eigenvalue weighted by Gasteiger charge is -2.25. The number of carbonyl (C=O) groups is 2. The summed E-state index contributed by atoms with van der Waals surface area (Å²) >= 11 is 0. The highest BCUT2D eigenvalue weighted by atomic mass is 19.1. The average molecular weight is 363 g/mol. The number of halogens is 2. The number of hydrogen-bond acceptors (Lipinski definition) is 2. The number of aromatic amines is 1. The molecule has 1 unspecified atom stereocenters. The maximum atomic E-state index is 13.9. The van der Waals surface area contributed by atoms with E-state index in [0.717, 1.165) is 5.57 Å². The van der Waals surface area contributed by atoms with Crippen molar-refractivity contribution in [2.75, 3.05) is 0 Å². The van der Waals surface area contributed by atoms with Crippen LogP contribution < -0.4 is 11.1 Å². The fraction of sp³-hybridized carbons (Fsp3) is 0.333. The zero-order chi connectivity index (χ0) is 18.8. The predicted octanol–water partition coefficient (Wildman–Crippen LogP) is 3.41. The Morgan fingerprint density at radius 2 is 2.04 bits per heavy atom. The molecule has 1 aliphatic carbocycles. The fourth-order valence-electron chi connectivity index (χ4n) is 3.74. The van der Waals surface area contributed by atoms with Gasteiger partial charge >= 0.3 is 6.09 Å². The number of alkyl halides is 2. The molecule has 1 heterocycles.